The summed E-state index contributed by atoms with van der Waals surface area (Å²) in [5, 5.41) is 9.49. The van der Waals surface area contributed by atoms with Crippen molar-refractivity contribution in [1.29, 1.82) is 0 Å². The standard InChI is InChI=1S/C15H20ClNO4/c1-10(15(19)17-5-3-4-6-17)21-14-12(16)7-11(9-18)8-13(14)20-2/h7-8,10,18H,3-6,9H2,1-2H3. The first-order valence-corrected chi connectivity index (χ1v) is 7.37. The van der Waals surface area contributed by atoms with Gasteiger partial charge in [-0.3, -0.25) is 4.79 Å². The van der Waals surface area contributed by atoms with Gasteiger partial charge in [0, 0.05) is 13.1 Å². The van der Waals surface area contributed by atoms with Gasteiger partial charge < -0.3 is 19.5 Å². The molecule has 1 N–H and O–H groups in total. The summed E-state index contributed by atoms with van der Waals surface area (Å²) in [5.74, 6) is 0.695. The predicted octanol–water partition coefficient (Wildman–Crippen LogP) is 2.23. The van der Waals surface area contributed by atoms with E-state index < -0.39 is 6.10 Å². The van der Waals surface area contributed by atoms with Crippen molar-refractivity contribution in [2.75, 3.05) is 20.2 Å². The number of ether oxygens (including phenoxy) is 2. The first-order valence-electron chi connectivity index (χ1n) is 6.99. The minimum Gasteiger partial charge on any atom is -0.493 e. The van der Waals surface area contributed by atoms with Crippen molar-refractivity contribution in [2.24, 2.45) is 0 Å². The van der Waals surface area contributed by atoms with Gasteiger partial charge in [-0.2, -0.15) is 0 Å². The average Bonchev–Trinajstić information content (AvgIpc) is 3.02. The Balaban J connectivity index is 2.16. The molecule has 0 aromatic heterocycles. The lowest BCUT2D eigenvalue weighted by Crippen LogP contribution is -2.38. The molecule has 1 heterocycles. The number of carbonyl (C=O) groups is 1. The maximum atomic E-state index is 12.3. The molecule has 1 atom stereocenters. The summed E-state index contributed by atoms with van der Waals surface area (Å²) in [6, 6.07) is 3.25. The minimum absolute atomic E-state index is 0.0446. The normalized spacial score (nSPS) is 15.9. The number of aliphatic hydroxyl groups excluding tert-OH is 1. The molecule has 116 valence electrons. The van der Waals surface area contributed by atoms with Crippen LogP contribution in [-0.4, -0.2) is 42.2 Å². The summed E-state index contributed by atoms with van der Waals surface area (Å²) < 4.78 is 10.9. The minimum atomic E-state index is -0.630. The van der Waals surface area contributed by atoms with Crippen LogP contribution in [0.1, 0.15) is 25.3 Å². The van der Waals surface area contributed by atoms with Gasteiger partial charge in [-0.15, -0.1) is 0 Å². The molecular weight excluding hydrogens is 294 g/mol. The Morgan fingerprint density at radius 3 is 2.67 bits per heavy atom. The summed E-state index contributed by atoms with van der Waals surface area (Å²) >= 11 is 6.16. The van der Waals surface area contributed by atoms with Crippen LogP contribution in [0.25, 0.3) is 0 Å². The van der Waals surface area contributed by atoms with Crippen molar-refractivity contribution in [2.45, 2.75) is 32.5 Å². The number of amides is 1. The van der Waals surface area contributed by atoms with Crippen LogP contribution in [0.2, 0.25) is 5.02 Å². The quantitative estimate of drug-likeness (QED) is 0.905. The van der Waals surface area contributed by atoms with Crippen LogP contribution < -0.4 is 9.47 Å². The van der Waals surface area contributed by atoms with Gasteiger partial charge in [0.05, 0.1) is 18.7 Å². The van der Waals surface area contributed by atoms with Gasteiger partial charge in [0.15, 0.2) is 17.6 Å². The molecule has 1 fully saturated rings. The van der Waals surface area contributed by atoms with Crippen molar-refractivity contribution < 1.29 is 19.4 Å². The number of halogens is 1. The van der Waals surface area contributed by atoms with E-state index in [0.29, 0.717) is 22.1 Å². The fourth-order valence-electron chi connectivity index (χ4n) is 2.40. The highest BCUT2D eigenvalue weighted by Gasteiger charge is 2.26. The lowest BCUT2D eigenvalue weighted by molar-refractivity contribution is -0.136. The lowest BCUT2D eigenvalue weighted by Gasteiger charge is -2.22. The average molecular weight is 314 g/mol. The number of likely N-dealkylation sites (tertiary alicyclic amines) is 1. The van der Waals surface area contributed by atoms with Gasteiger partial charge >= 0.3 is 0 Å². The first-order chi connectivity index (χ1) is 10.1. The SMILES string of the molecule is COc1cc(CO)cc(Cl)c1OC(C)C(=O)N1CCCC1. The number of aliphatic hydroxyl groups is 1. The molecule has 1 aliphatic heterocycles. The zero-order valence-electron chi connectivity index (χ0n) is 12.3. The van der Waals surface area contributed by atoms with Crippen LogP contribution in [0.15, 0.2) is 12.1 Å². The molecule has 5 nitrogen and oxygen atoms in total. The Morgan fingerprint density at radius 1 is 1.43 bits per heavy atom. The maximum absolute atomic E-state index is 12.3. The Bertz CT molecular complexity index is 515. The number of rotatable bonds is 5. The lowest BCUT2D eigenvalue weighted by atomic mass is 10.2. The van der Waals surface area contributed by atoms with E-state index in [-0.39, 0.29) is 12.5 Å². The third-order valence-corrected chi connectivity index (χ3v) is 3.81. The highest BCUT2D eigenvalue weighted by molar-refractivity contribution is 6.32. The van der Waals surface area contributed by atoms with E-state index in [4.69, 9.17) is 21.1 Å². The van der Waals surface area contributed by atoms with Crippen molar-refractivity contribution in [3.05, 3.63) is 22.7 Å². The van der Waals surface area contributed by atoms with Gasteiger partial charge in [0.25, 0.3) is 5.91 Å². The van der Waals surface area contributed by atoms with E-state index in [2.05, 4.69) is 0 Å². The highest BCUT2D eigenvalue weighted by atomic mass is 35.5. The van der Waals surface area contributed by atoms with Gasteiger partial charge in [-0.1, -0.05) is 11.6 Å². The molecular formula is C15H20ClNO4. The molecule has 6 heteroatoms. The van der Waals surface area contributed by atoms with Crippen LogP contribution >= 0.6 is 11.6 Å². The number of benzene rings is 1. The van der Waals surface area contributed by atoms with E-state index in [1.807, 2.05) is 0 Å². The van der Waals surface area contributed by atoms with Gasteiger partial charge in [0.2, 0.25) is 0 Å². The molecule has 1 unspecified atom stereocenters. The third-order valence-electron chi connectivity index (χ3n) is 3.53. The van der Waals surface area contributed by atoms with Gasteiger partial charge in [0.1, 0.15) is 0 Å². The van der Waals surface area contributed by atoms with E-state index in [9.17, 15) is 9.90 Å². The Morgan fingerprint density at radius 2 is 2.10 bits per heavy atom. The maximum Gasteiger partial charge on any atom is 0.263 e. The van der Waals surface area contributed by atoms with Crippen LogP contribution in [-0.2, 0) is 11.4 Å². The molecule has 1 aliphatic rings. The number of carbonyl (C=O) groups excluding carboxylic acids is 1. The van der Waals surface area contributed by atoms with Crippen molar-refractivity contribution >= 4 is 17.5 Å². The van der Waals surface area contributed by atoms with Crippen LogP contribution in [0.5, 0.6) is 11.5 Å². The smallest absolute Gasteiger partial charge is 0.263 e. The Kier molecular flexibility index (Phi) is 5.31. The molecule has 2 rings (SSSR count). The fraction of sp³-hybridized carbons (Fsp3) is 0.533. The largest absolute Gasteiger partial charge is 0.493 e. The van der Waals surface area contributed by atoms with Crippen LogP contribution in [0.4, 0.5) is 0 Å². The van der Waals surface area contributed by atoms with Gasteiger partial charge in [-0.25, -0.2) is 0 Å². The fourth-order valence-corrected chi connectivity index (χ4v) is 2.68. The summed E-state index contributed by atoms with van der Waals surface area (Å²) in [6.45, 7) is 3.12. The topological polar surface area (TPSA) is 59.0 Å². The molecule has 0 saturated carbocycles. The van der Waals surface area contributed by atoms with Crippen LogP contribution in [0, 0.1) is 0 Å². The zero-order chi connectivity index (χ0) is 15.4. The number of hydrogen-bond donors (Lipinski definition) is 1. The van der Waals surface area contributed by atoms with Crippen molar-refractivity contribution in [3.63, 3.8) is 0 Å². The first kappa shape index (κ1) is 15.9. The van der Waals surface area contributed by atoms with E-state index in [1.165, 1.54) is 7.11 Å². The second-order valence-electron chi connectivity index (χ2n) is 5.06. The van der Waals surface area contributed by atoms with E-state index in [1.54, 1.807) is 24.0 Å². The van der Waals surface area contributed by atoms with Crippen molar-refractivity contribution in [3.8, 4) is 11.5 Å². The summed E-state index contributed by atoms with van der Waals surface area (Å²) in [7, 11) is 1.49. The molecule has 21 heavy (non-hydrogen) atoms. The van der Waals surface area contributed by atoms with E-state index in [0.717, 1.165) is 25.9 Å². The molecule has 0 radical (unpaired) electrons. The second-order valence-corrected chi connectivity index (χ2v) is 5.47. The summed E-state index contributed by atoms with van der Waals surface area (Å²) in [6.07, 6.45) is 1.44. The van der Waals surface area contributed by atoms with E-state index >= 15 is 0 Å². The molecule has 0 spiro atoms. The Labute approximate surface area is 129 Å². The number of hydrogen-bond acceptors (Lipinski definition) is 4. The second kappa shape index (κ2) is 7.00. The molecule has 1 aromatic rings. The predicted molar refractivity (Wildman–Crippen MR) is 79.8 cm³/mol. The number of methoxy groups -OCH3 is 1. The molecule has 1 amide bonds. The van der Waals surface area contributed by atoms with Crippen molar-refractivity contribution in [1.82, 2.24) is 4.90 Å². The summed E-state index contributed by atoms with van der Waals surface area (Å²) in [5.41, 5.74) is 0.628. The number of nitrogens with zero attached hydrogens (tertiary/aromatic N) is 1. The molecule has 1 saturated heterocycles. The third kappa shape index (κ3) is 3.60. The molecule has 1 aromatic carbocycles. The van der Waals surface area contributed by atoms with Crippen LogP contribution in [0.3, 0.4) is 0 Å². The van der Waals surface area contributed by atoms with Gasteiger partial charge in [-0.05, 0) is 37.5 Å². The monoisotopic (exact) mass is 313 g/mol. The molecule has 0 aliphatic carbocycles. The highest BCUT2D eigenvalue weighted by Crippen LogP contribution is 2.37. The molecule has 0 bridgehead atoms. The zero-order valence-corrected chi connectivity index (χ0v) is 13.0. The Hall–Kier alpha value is -1.46. The summed E-state index contributed by atoms with van der Waals surface area (Å²) in [4.78, 5) is 14.1.